The van der Waals surface area contributed by atoms with E-state index >= 15 is 0 Å². The molecule has 0 aliphatic rings. The molecule has 0 aromatic heterocycles. The summed E-state index contributed by atoms with van der Waals surface area (Å²) < 4.78 is 0. The SMILES string of the molecule is C=C/C=C\C(=C)N=C(N)/N=C(\C)NC(=C)/C=C\C=C/C. The highest BCUT2D eigenvalue weighted by atomic mass is 15.1. The molecule has 0 aromatic carbocycles. The van der Waals surface area contributed by atoms with Gasteiger partial charge in [-0.2, -0.15) is 0 Å². The predicted octanol–water partition coefficient (Wildman–Crippen LogP) is 3.21. The van der Waals surface area contributed by atoms with Crippen molar-refractivity contribution in [3.8, 4) is 0 Å². The molecule has 0 saturated carbocycles. The number of hydrogen-bond acceptors (Lipinski definition) is 1. The number of nitrogens with one attached hydrogen (secondary N) is 1. The summed E-state index contributed by atoms with van der Waals surface area (Å²) in [5.41, 5.74) is 6.90. The number of hydrogen-bond donors (Lipinski definition) is 2. The van der Waals surface area contributed by atoms with Gasteiger partial charge in [-0.1, -0.05) is 50.1 Å². The molecule has 0 aromatic rings. The van der Waals surface area contributed by atoms with E-state index in [-0.39, 0.29) is 5.96 Å². The second kappa shape index (κ2) is 10.3. The normalized spacial score (nSPS) is 13.3. The minimum atomic E-state index is 0.124. The molecule has 4 nitrogen and oxygen atoms in total. The van der Waals surface area contributed by atoms with Crippen molar-refractivity contribution < 1.29 is 0 Å². The van der Waals surface area contributed by atoms with Crippen molar-refractivity contribution in [2.45, 2.75) is 13.8 Å². The summed E-state index contributed by atoms with van der Waals surface area (Å²) in [5, 5.41) is 3.00. The molecule has 0 rings (SSSR count). The summed E-state index contributed by atoms with van der Waals surface area (Å²) in [6.07, 6.45) is 12.6. The average molecular weight is 270 g/mol. The minimum Gasteiger partial charge on any atom is -0.368 e. The largest absolute Gasteiger partial charge is 0.368 e. The first-order valence-corrected chi connectivity index (χ1v) is 6.12. The van der Waals surface area contributed by atoms with Gasteiger partial charge >= 0.3 is 0 Å². The van der Waals surface area contributed by atoms with Gasteiger partial charge in [-0.25, -0.2) is 9.98 Å². The van der Waals surface area contributed by atoms with E-state index < -0.39 is 0 Å². The van der Waals surface area contributed by atoms with Crippen LogP contribution >= 0.6 is 0 Å². The maximum Gasteiger partial charge on any atom is 0.222 e. The number of nitrogens with two attached hydrogens (primary N) is 1. The van der Waals surface area contributed by atoms with Gasteiger partial charge in [0.15, 0.2) is 0 Å². The monoisotopic (exact) mass is 270 g/mol. The fraction of sp³-hybridized carbons (Fsp3) is 0.125. The molecule has 0 atom stereocenters. The molecule has 0 unspecified atom stereocenters. The fourth-order valence-corrected chi connectivity index (χ4v) is 1.15. The van der Waals surface area contributed by atoms with Gasteiger partial charge in [0.05, 0.1) is 5.70 Å². The molecule has 0 radical (unpaired) electrons. The Labute approximate surface area is 121 Å². The van der Waals surface area contributed by atoms with Crippen LogP contribution in [0.4, 0.5) is 0 Å². The average Bonchev–Trinajstić information content (AvgIpc) is 2.36. The molecule has 0 fully saturated rings. The van der Waals surface area contributed by atoms with Gasteiger partial charge in [0, 0.05) is 5.70 Å². The first-order valence-electron chi connectivity index (χ1n) is 6.12. The number of rotatable bonds is 6. The molecule has 0 saturated heterocycles. The zero-order valence-electron chi connectivity index (χ0n) is 12.1. The van der Waals surface area contributed by atoms with E-state index in [2.05, 4.69) is 35.0 Å². The second-order valence-corrected chi connectivity index (χ2v) is 3.79. The molecular weight excluding hydrogens is 248 g/mol. The zero-order valence-corrected chi connectivity index (χ0v) is 12.1. The minimum absolute atomic E-state index is 0.124. The smallest absolute Gasteiger partial charge is 0.222 e. The molecule has 3 N–H and O–H groups in total. The topological polar surface area (TPSA) is 62.8 Å². The Hall–Kier alpha value is -2.62. The summed E-state index contributed by atoms with van der Waals surface area (Å²) in [6.45, 7) is 14.8. The van der Waals surface area contributed by atoms with Crippen molar-refractivity contribution in [3.05, 3.63) is 73.7 Å². The first-order chi connectivity index (χ1) is 9.49. The van der Waals surface area contributed by atoms with Gasteiger partial charge in [-0.15, -0.1) is 0 Å². The molecule has 0 heterocycles. The molecule has 4 heteroatoms. The number of aliphatic imine (C=N–C) groups is 2. The van der Waals surface area contributed by atoms with Gasteiger partial charge in [0.25, 0.3) is 0 Å². The van der Waals surface area contributed by atoms with Gasteiger partial charge < -0.3 is 11.1 Å². The van der Waals surface area contributed by atoms with Crippen molar-refractivity contribution in [1.29, 1.82) is 0 Å². The molecule has 0 aliphatic carbocycles. The third kappa shape index (κ3) is 9.41. The summed E-state index contributed by atoms with van der Waals surface area (Å²) in [7, 11) is 0. The van der Waals surface area contributed by atoms with Crippen molar-refractivity contribution in [2.24, 2.45) is 15.7 Å². The molecule has 0 aliphatic heterocycles. The Morgan fingerprint density at radius 2 is 1.80 bits per heavy atom. The van der Waals surface area contributed by atoms with Gasteiger partial charge in [0.1, 0.15) is 5.84 Å². The summed E-state index contributed by atoms with van der Waals surface area (Å²) >= 11 is 0. The van der Waals surface area contributed by atoms with E-state index in [1.807, 2.05) is 31.2 Å². The fourth-order valence-electron chi connectivity index (χ4n) is 1.15. The van der Waals surface area contributed by atoms with Crippen LogP contribution in [-0.2, 0) is 0 Å². The van der Waals surface area contributed by atoms with E-state index in [1.165, 1.54) is 0 Å². The maximum absolute atomic E-state index is 5.69. The van der Waals surface area contributed by atoms with Crippen LogP contribution < -0.4 is 11.1 Å². The van der Waals surface area contributed by atoms with Crippen molar-refractivity contribution in [2.75, 3.05) is 0 Å². The molecule has 0 spiro atoms. The molecular formula is C16H22N4. The highest BCUT2D eigenvalue weighted by Crippen LogP contribution is 1.96. The number of allylic oxidation sites excluding steroid dienone is 7. The van der Waals surface area contributed by atoms with Crippen LogP contribution in [0.25, 0.3) is 0 Å². The van der Waals surface area contributed by atoms with E-state index in [9.17, 15) is 0 Å². The highest BCUT2D eigenvalue weighted by Gasteiger charge is 1.94. The van der Waals surface area contributed by atoms with Crippen LogP contribution in [0.3, 0.4) is 0 Å². The third-order valence-electron chi connectivity index (χ3n) is 1.91. The standard InChI is InChI=1S/C16H22N4/c1-6-8-10-12-13(3)18-15(5)20-16(17)19-14(4)11-9-7-2/h6-12H,2-4H2,1,5H3,(H3,17,18,19,20)/b8-6-,11-9-,12-10-. The van der Waals surface area contributed by atoms with Gasteiger partial charge in [-0.3, -0.25) is 0 Å². The molecule has 20 heavy (non-hydrogen) atoms. The van der Waals surface area contributed by atoms with Crippen LogP contribution in [-0.4, -0.2) is 11.8 Å². The second-order valence-electron chi connectivity index (χ2n) is 3.79. The quantitative estimate of drug-likeness (QED) is 0.442. The lowest BCUT2D eigenvalue weighted by atomic mass is 10.4. The van der Waals surface area contributed by atoms with Crippen molar-refractivity contribution >= 4 is 11.8 Å². The number of amidine groups is 1. The molecule has 106 valence electrons. The Balaban J connectivity index is 4.60. The van der Waals surface area contributed by atoms with Crippen molar-refractivity contribution in [3.63, 3.8) is 0 Å². The Morgan fingerprint density at radius 1 is 1.10 bits per heavy atom. The lowest BCUT2D eigenvalue weighted by molar-refractivity contribution is 1.17. The molecule has 0 amide bonds. The van der Waals surface area contributed by atoms with Crippen LogP contribution in [0.2, 0.25) is 0 Å². The first kappa shape index (κ1) is 17.4. The highest BCUT2D eigenvalue weighted by molar-refractivity contribution is 5.95. The van der Waals surface area contributed by atoms with Crippen LogP contribution in [0, 0.1) is 0 Å². The molecule has 0 bridgehead atoms. The Morgan fingerprint density at radius 3 is 2.40 bits per heavy atom. The van der Waals surface area contributed by atoms with Crippen LogP contribution in [0.5, 0.6) is 0 Å². The lowest BCUT2D eigenvalue weighted by Crippen LogP contribution is -2.22. The maximum atomic E-state index is 5.69. The lowest BCUT2D eigenvalue weighted by Gasteiger charge is -2.04. The van der Waals surface area contributed by atoms with E-state index in [0.717, 1.165) is 0 Å². The number of guanidine groups is 1. The Kier molecular flexibility index (Phi) is 8.96. The van der Waals surface area contributed by atoms with Gasteiger partial charge in [-0.05, 0) is 26.0 Å². The summed E-state index contributed by atoms with van der Waals surface area (Å²) in [5.74, 6) is 0.723. The van der Waals surface area contributed by atoms with Gasteiger partial charge in [0.2, 0.25) is 5.96 Å². The number of nitrogens with zero attached hydrogens (tertiary/aromatic N) is 2. The summed E-state index contributed by atoms with van der Waals surface area (Å²) in [6, 6.07) is 0. The predicted molar refractivity (Wildman–Crippen MR) is 89.4 cm³/mol. The third-order valence-corrected chi connectivity index (χ3v) is 1.91. The van der Waals surface area contributed by atoms with Crippen LogP contribution in [0.1, 0.15) is 13.8 Å². The van der Waals surface area contributed by atoms with Crippen LogP contribution in [0.15, 0.2) is 83.6 Å². The van der Waals surface area contributed by atoms with Crippen molar-refractivity contribution in [1.82, 2.24) is 5.32 Å². The summed E-state index contributed by atoms with van der Waals surface area (Å²) in [4.78, 5) is 8.11. The van der Waals surface area contributed by atoms with E-state index in [1.54, 1.807) is 25.2 Å². The zero-order chi connectivity index (χ0) is 15.4. The Bertz CT molecular complexity index is 503. The van der Waals surface area contributed by atoms with E-state index in [0.29, 0.717) is 17.2 Å². The van der Waals surface area contributed by atoms with E-state index in [4.69, 9.17) is 5.73 Å².